The quantitative estimate of drug-likeness (QED) is 0.696. The number of aromatic nitrogens is 2. The van der Waals surface area contributed by atoms with Crippen LogP contribution in [0, 0.1) is 0 Å². The maximum absolute atomic E-state index is 13.0. The van der Waals surface area contributed by atoms with Crippen LogP contribution in [-0.2, 0) is 18.3 Å². The molecule has 0 spiro atoms. The molecule has 1 saturated heterocycles. The summed E-state index contributed by atoms with van der Waals surface area (Å²) in [6.07, 6.45) is 3.74. The number of urea groups is 1. The van der Waals surface area contributed by atoms with Gasteiger partial charge in [0.15, 0.2) is 5.76 Å². The van der Waals surface area contributed by atoms with Gasteiger partial charge in [0.25, 0.3) is 0 Å². The van der Waals surface area contributed by atoms with Crippen molar-refractivity contribution in [3.63, 3.8) is 0 Å². The third-order valence-corrected chi connectivity index (χ3v) is 5.41. The van der Waals surface area contributed by atoms with Crippen LogP contribution in [0.5, 0.6) is 0 Å². The smallest absolute Gasteiger partial charge is 0.323 e. The molecule has 4 heterocycles. The Labute approximate surface area is 161 Å². The van der Waals surface area contributed by atoms with Gasteiger partial charge in [0.2, 0.25) is 0 Å². The lowest BCUT2D eigenvalue weighted by atomic mass is 10.2. The topological polar surface area (TPSA) is 72.5 Å². The van der Waals surface area contributed by atoms with Crippen LogP contribution in [0.4, 0.5) is 10.6 Å². The molecule has 0 bridgehead atoms. The largest absolute Gasteiger partial charge is 0.463 e. The molecule has 1 aliphatic heterocycles. The third-order valence-electron chi connectivity index (χ3n) is 4.55. The molecule has 8 heteroatoms. The molecule has 0 aromatic carbocycles. The molecule has 0 aliphatic carbocycles. The molecular weight excluding hydrogens is 364 g/mol. The molecule has 0 unspecified atom stereocenters. The third kappa shape index (κ3) is 4.23. The van der Waals surface area contributed by atoms with Crippen molar-refractivity contribution in [3.05, 3.63) is 46.9 Å². The first-order valence-electron chi connectivity index (χ1n) is 8.97. The number of aryl methyl sites for hydroxylation is 1. The zero-order valence-corrected chi connectivity index (χ0v) is 15.9. The number of nitrogens with zero attached hydrogens (tertiary/aromatic N) is 3. The molecule has 1 N–H and O–H groups in total. The molecule has 1 atom stereocenters. The Kier molecular flexibility index (Phi) is 5.26. The van der Waals surface area contributed by atoms with E-state index in [2.05, 4.69) is 10.4 Å². The van der Waals surface area contributed by atoms with Crippen LogP contribution in [0.2, 0.25) is 0 Å². The lowest BCUT2D eigenvalue weighted by Gasteiger charge is -2.25. The average Bonchev–Trinajstić information content (AvgIpc) is 3.44. The normalized spacial score (nSPS) is 16.6. The lowest BCUT2D eigenvalue weighted by Crippen LogP contribution is -2.39. The van der Waals surface area contributed by atoms with Crippen molar-refractivity contribution in [3.8, 4) is 11.5 Å². The van der Waals surface area contributed by atoms with Gasteiger partial charge in [-0.25, -0.2) is 4.79 Å². The van der Waals surface area contributed by atoms with Crippen molar-refractivity contribution in [1.82, 2.24) is 14.7 Å². The fourth-order valence-electron chi connectivity index (χ4n) is 3.16. The van der Waals surface area contributed by atoms with Crippen molar-refractivity contribution in [2.75, 3.05) is 18.5 Å². The maximum Gasteiger partial charge on any atom is 0.323 e. The second-order valence-corrected chi connectivity index (χ2v) is 7.57. The fraction of sp³-hybridized carbons (Fsp3) is 0.368. The minimum Gasteiger partial charge on any atom is -0.463 e. The van der Waals surface area contributed by atoms with E-state index in [1.807, 2.05) is 35.7 Å². The fourth-order valence-corrected chi connectivity index (χ4v) is 3.88. The van der Waals surface area contributed by atoms with Crippen molar-refractivity contribution < 1.29 is 13.9 Å². The highest BCUT2D eigenvalue weighted by molar-refractivity contribution is 7.09. The summed E-state index contributed by atoms with van der Waals surface area (Å²) in [6, 6.07) is 9.35. The molecule has 0 radical (unpaired) electrons. The number of anilines is 1. The summed E-state index contributed by atoms with van der Waals surface area (Å²) in [5.74, 6) is 1.29. The number of carbonyl (C=O) groups excluding carboxylic acids is 1. The first-order chi connectivity index (χ1) is 13.2. The molecule has 7 nitrogen and oxygen atoms in total. The standard InChI is InChI=1S/C19H22N4O3S/c1-22-18(11-16(21-22)17-7-3-9-26-17)20-19(24)23(12-14-5-2-8-25-14)13-15-6-4-10-27-15/h3-4,6-7,9-11,14H,2,5,8,12-13H2,1H3,(H,20,24)/t14-/m0/s1. The second-order valence-electron chi connectivity index (χ2n) is 6.54. The summed E-state index contributed by atoms with van der Waals surface area (Å²) < 4.78 is 12.8. The molecule has 0 saturated carbocycles. The van der Waals surface area contributed by atoms with Crippen molar-refractivity contribution >= 4 is 23.2 Å². The van der Waals surface area contributed by atoms with Gasteiger partial charge < -0.3 is 14.1 Å². The van der Waals surface area contributed by atoms with Crippen LogP contribution in [0.15, 0.2) is 46.4 Å². The maximum atomic E-state index is 13.0. The zero-order valence-electron chi connectivity index (χ0n) is 15.1. The van der Waals surface area contributed by atoms with Gasteiger partial charge in [-0.2, -0.15) is 5.10 Å². The minimum absolute atomic E-state index is 0.0981. The summed E-state index contributed by atoms with van der Waals surface area (Å²) in [5.41, 5.74) is 0.682. The molecule has 27 heavy (non-hydrogen) atoms. The van der Waals surface area contributed by atoms with Crippen LogP contribution < -0.4 is 5.32 Å². The molecule has 142 valence electrons. The Hall–Kier alpha value is -2.58. The number of thiophene rings is 1. The highest BCUT2D eigenvalue weighted by Crippen LogP contribution is 2.23. The van der Waals surface area contributed by atoms with Gasteiger partial charge in [0.1, 0.15) is 11.5 Å². The van der Waals surface area contributed by atoms with Crippen molar-refractivity contribution in [1.29, 1.82) is 0 Å². The van der Waals surface area contributed by atoms with Crippen LogP contribution in [0.25, 0.3) is 11.5 Å². The summed E-state index contributed by atoms with van der Waals surface area (Å²) >= 11 is 1.65. The number of amides is 2. The van der Waals surface area contributed by atoms with E-state index in [0.717, 1.165) is 24.3 Å². The number of hydrogen-bond acceptors (Lipinski definition) is 5. The lowest BCUT2D eigenvalue weighted by molar-refractivity contribution is 0.0821. The monoisotopic (exact) mass is 386 g/mol. The van der Waals surface area contributed by atoms with Crippen LogP contribution in [0.1, 0.15) is 17.7 Å². The van der Waals surface area contributed by atoms with E-state index in [0.29, 0.717) is 30.4 Å². The number of carbonyl (C=O) groups is 1. The van der Waals surface area contributed by atoms with Crippen molar-refractivity contribution in [2.45, 2.75) is 25.5 Å². The Balaban J connectivity index is 1.48. The van der Waals surface area contributed by atoms with Gasteiger partial charge in [-0.3, -0.25) is 10.00 Å². The van der Waals surface area contributed by atoms with E-state index in [1.54, 1.807) is 34.2 Å². The zero-order chi connectivity index (χ0) is 18.6. The van der Waals surface area contributed by atoms with Gasteiger partial charge in [0, 0.05) is 31.1 Å². The minimum atomic E-state index is -0.159. The number of rotatable bonds is 6. The van der Waals surface area contributed by atoms with E-state index in [-0.39, 0.29) is 12.1 Å². The van der Waals surface area contributed by atoms with E-state index in [4.69, 9.17) is 9.15 Å². The Bertz CT molecular complexity index is 867. The Morgan fingerprint density at radius 2 is 2.37 bits per heavy atom. The highest BCUT2D eigenvalue weighted by Gasteiger charge is 2.24. The van der Waals surface area contributed by atoms with Crippen LogP contribution >= 0.6 is 11.3 Å². The van der Waals surface area contributed by atoms with Crippen LogP contribution in [-0.4, -0.2) is 40.0 Å². The molecule has 2 amide bonds. The van der Waals surface area contributed by atoms with Gasteiger partial charge in [-0.15, -0.1) is 11.3 Å². The molecule has 1 fully saturated rings. The molecule has 3 aromatic heterocycles. The van der Waals surface area contributed by atoms with Crippen LogP contribution in [0.3, 0.4) is 0 Å². The van der Waals surface area contributed by atoms with E-state index >= 15 is 0 Å². The summed E-state index contributed by atoms with van der Waals surface area (Å²) in [7, 11) is 1.80. The Morgan fingerprint density at radius 1 is 1.44 bits per heavy atom. The summed E-state index contributed by atoms with van der Waals surface area (Å²) in [4.78, 5) is 15.9. The molecule has 3 aromatic rings. The van der Waals surface area contributed by atoms with Gasteiger partial charge in [-0.1, -0.05) is 6.07 Å². The molecule has 1 aliphatic rings. The number of hydrogen-bond donors (Lipinski definition) is 1. The Morgan fingerprint density at radius 3 is 3.07 bits per heavy atom. The SMILES string of the molecule is Cn1nc(-c2ccco2)cc1NC(=O)N(Cc1cccs1)C[C@@H]1CCCO1. The van der Waals surface area contributed by atoms with Crippen molar-refractivity contribution in [2.24, 2.45) is 7.05 Å². The van der Waals surface area contributed by atoms with E-state index in [9.17, 15) is 4.79 Å². The second kappa shape index (κ2) is 7.98. The molecular formula is C19H22N4O3S. The van der Waals surface area contributed by atoms with E-state index in [1.165, 1.54) is 0 Å². The van der Waals surface area contributed by atoms with Gasteiger partial charge >= 0.3 is 6.03 Å². The molecule has 4 rings (SSSR count). The number of furan rings is 1. The predicted molar refractivity (Wildman–Crippen MR) is 104 cm³/mol. The van der Waals surface area contributed by atoms with Gasteiger partial charge in [-0.05, 0) is 36.4 Å². The van der Waals surface area contributed by atoms with E-state index < -0.39 is 0 Å². The summed E-state index contributed by atoms with van der Waals surface area (Å²) in [6.45, 7) is 1.91. The average molecular weight is 386 g/mol. The number of ether oxygens (including phenoxy) is 1. The number of nitrogens with one attached hydrogen (secondary N) is 1. The predicted octanol–water partition coefficient (Wildman–Crippen LogP) is 3.95. The summed E-state index contributed by atoms with van der Waals surface area (Å²) in [5, 5.41) is 9.41. The van der Waals surface area contributed by atoms with Gasteiger partial charge in [0.05, 0.1) is 18.9 Å². The highest BCUT2D eigenvalue weighted by atomic mass is 32.1. The first kappa shape index (κ1) is 17.8. The first-order valence-corrected chi connectivity index (χ1v) is 9.85.